The molecule has 104 valence electrons. The third-order valence-corrected chi connectivity index (χ3v) is 4.65. The summed E-state index contributed by atoms with van der Waals surface area (Å²) in [6.45, 7) is 0.706. The summed E-state index contributed by atoms with van der Waals surface area (Å²) in [5.41, 5.74) is 0.967. The van der Waals surface area contributed by atoms with Crippen molar-refractivity contribution in [1.29, 1.82) is 0 Å². The molecule has 4 nitrogen and oxygen atoms in total. The van der Waals surface area contributed by atoms with Crippen LogP contribution in [-0.2, 0) is 4.79 Å². The second-order valence-electron chi connectivity index (χ2n) is 4.74. The maximum absolute atomic E-state index is 11.5. The van der Waals surface area contributed by atoms with Gasteiger partial charge in [0.25, 0.3) is 0 Å². The molecule has 1 unspecified atom stereocenters. The molecular formula is C14H13ClN2O2S. The number of anilines is 1. The van der Waals surface area contributed by atoms with Crippen molar-refractivity contribution in [1.82, 2.24) is 4.98 Å². The molecule has 1 aliphatic heterocycles. The second kappa shape index (κ2) is 5.42. The van der Waals surface area contributed by atoms with Crippen LogP contribution in [0, 0.1) is 5.92 Å². The van der Waals surface area contributed by atoms with Gasteiger partial charge in [-0.25, -0.2) is 4.98 Å². The number of hydrogen-bond acceptors (Lipinski definition) is 4. The molecule has 2 heterocycles. The Labute approximate surface area is 125 Å². The molecule has 3 rings (SSSR count). The largest absolute Gasteiger partial charge is 0.481 e. The molecule has 0 bridgehead atoms. The van der Waals surface area contributed by atoms with E-state index in [1.165, 1.54) is 11.3 Å². The van der Waals surface area contributed by atoms with E-state index in [2.05, 4.69) is 9.88 Å². The molecule has 2 atom stereocenters. The third kappa shape index (κ3) is 2.39. The van der Waals surface area contributed by atoms with Crippen LogP contribution in [0.1, 0.15) is 18.0 Å². The van der Waals surface area contributed by atoms with Crippen LogP contribution in [-0.4, -0.2) is 22.6 Å². The first-order valence-electron chi connectivity index (χ1n) is 6.31. The lowest BCUT2D eigenvalue weighted by Gasteiger charge is -2.26. The SMILES string of the molecule is O=C(O)[C@H]1CCN(c2nccs2)C1c1ccc(Cl)cc1. The van der Waals surface area contributed by atoms with Gasteiger partial charge in [0.2, 0.25) is 0 Å². The minimum Gasteiger partial charge on any atom is -0.481 e. The fourth-order valence-corrected chi connectivity index (χ4v) is 3.53. The predicted molar refractivity (Wildman–Crippen MR) is 79.4 cm³/mol. The van der Waals surface area contributed by atoms with Crippen LogP contribution >= 0.6 is 22.9 Å². The Bertz CT molecular complexity index is 600. The molecule has 1 aliphatic rings. The van der Waals surface area contributed by atoms with Gasteiger partial charge >= 0.3 is 5.97 Å². The number of benzene rings is 1. The van der Waals surface area contributed by atoms with E-state index in [-0.39, 0.29) is 6.04 Å². The van der Waals surface area contributed by atoms with Crippen molar-refractivity contribution in [3.8, 4) is 0 Å². The summed E-state index contributed by atoms with van der Waals surface area (Å²) in [4.78, 5) is 17.9. The molecule has 1 aromatic heterocycles. The molecule has 0 amide bonds. The number of aromatic nitrogens is 1. The van der Waals surface area contributed by atoms with Crippen LogP contribution in [0.3, 0.4) is 0 Å². The Morgan fingerprint density at radius 2 is 2.15 bits per heavy atom. The lowest BCUT2D eigenvalue weighted by atomic mass is 9.94. The van der Waals surface area contributed by atoms with Gasteiger partial charge in [0.05, 0.1) is 12.0 Å². The minimum atomic E-state index is -0.760. The Balaban J connectivity index is 1.99. The molecule has 1 fully saturated rings. The number of rotatable bonds is 3. The molecule has 0 aliphatic carbocycles. The summed E-state index contributed by atoms with van der Waals surface area (Å²) in [6.07, 6.45) is 2.37. The van der Waals surface area contributed by atoms with Gasteiger partial charge in [-0.05, 0) is 24.1 Å². The van der Waals surface area contributed by atoms with Crippen LogP contribution in [0.25, 0.3) is 0 Å². The first-order valence-corrected chi connectivity index (χ1v) is 7.57. The Morgan fingerprint density at radius 3 is 2.75 bits per heavy atom. The topological polar surface area (TPSA) is 53.4 Å². The van der Waals surface area contributed by atoms with Gasteiger partial charge < -0.3 is 10.0 Å². The van der Waals surface area contributed by atoms with Gasteiger partial charge in [0.15, 0.2) is 5.13 Å². The zero-order chi connectivity index (χ0) is 14.1. The first-order chi connectivity index (χ1) is 9.66. The standard InChI is InChI=1S/C14H13ClN2O2S/c15-10-3-1-9(2-4-10)12-11(13(18)19)5-7-17(12)14-16-6-8-20-14/h1-4,6,8,11-12H,5,7H2,(H,18,19)/t11-,12?/m0/s1. The van der Waals surface area contributed by atoms with Crippen molar-refractivity contribution in [2.45, 2.75) is 12.5 Å². The van der Waals surface area contributed by atoms with E-state index in [0.717, 1.165) is 10.7 Å². The van der Waals surface area contributed by atoms with Crippen LogP contribution in [0.15, 0.2) is 35.8 Å². The quantitative estimate of drug-likeness (QED) is 0.943. The average Bonchev–Trinajstić information content (AvgIpc) is 3.08. The van der Waals surface area contributed by atoms with Gasteiger partial charge in [0.1, 0.15) is 0 Å². The molecular weight excluding hydrogens is 296 g/mol. The maximum Gasteiger partial charge on any atom is 0.309 e. The monoisotopic (exact) mass is 308 g/mol. The second-order valence-corrected chi connectivity index (χ2v) is 6.05. The van der Waals surface area contributed by atoms with Gasteiger partial charge in [-0.15, -0.1) is 11.3 Å². The van der Waals surface area contributed by atoms with Gasteiger partial charge in [0, 0.05) is 23.1 Å². The number of halogens is 1. The van der Waals surface area contributed by atoms with Crippen molar-refractivity contribution >= 4 is 34.0 Å². The number of carbonyl (C=O) groups is 1. The van der Waals surface area contributed by atoms with Crippen LogP contribution in [0.4, 0.5) is 5.13 Å². The minimum absolute atomic E-state index is 0.184. The summed E-state index contributed by atoms with van der Waals surface area (Å²) in [7, 11) is 0. The summed E-state index contributed by atoms with van der Waals surface area (Å²) in [6, 6.07) is 7.21. The Hall–Kier alpha value is -1.59. The highest BCUT2D eigenvalue weighted by molar-refractivity contribution is 7.13. The number of nitrogens with zero attached hydrogens (tertiary/aromatic N) is 2. The third-order valence-electron chi connectivity index (χ3n) is 3.59. The van der Waals surface area contributed by atoms with Crippen LogP contribution < -0.4 is 4.90 Å². The van der Waals surface area contributed by atoms with E-state index in [9.17, 15) is 9.90 Å². The highest BCUT2D eigenvalue weighted by Gasteiger charge is 2.40. The number of aliphatic carboxylic acids is 1. The van der Waals surface area contributed by atoms with Gasteiger partial charge in [-0.3, -0.25) is 4.79 Å². The van der Waals surface area contributed by atoms with E-state index < -0.39 is 11.9 Å². The van der Waals surface area contributed by atoms with E-state index in [1.807, 2.05) is 17.5 Å². The molecule has 2 aromatic rings. The zero-order valence-corrected chi connectivity index (χ0v) is 12.1. The van der Waals surface area contributed by atoms with Crippen molar-refractivity contribution in [2.24, 2.45) is 5.92 Å². The van der Waals surface area contributed by atoms with Crippen molar-refractivity contribution in [3.63, 3.8) is 0 Å². The predicted octanol–water partition coefficient (Wildman–Crippen LogP) is 3.45. The van der Waals surface area contributed by atoms with E-state index in [4.69, 9.17) is 11.6 Å². The van der Waals surface area contributed by atoms with E-state index in [1.54, 1.807) is 18.3 Å². The fraction of sp³-hybridized carbons (Fsp3) is 0.286. The van der Waals surface area contributed by atoms with Gasteiger partial charge in [-0.1, -0.05) is 23.7 Å². The molecule has 6 heteroatoms. The summed E-state index contributed by atoms with van der Waals surface area (Å²) in [5.74, 6) is -1.18. The number of carboxylic acids is 1. The lowest BCUT2D eigenvalue weighted by Crippen LogP contribution is -2.28. The molecule has 1 aromatic carbocycles. The number of hydrogen-bond donors (Lipinski definition) is 1. The van der Waals surface area contributed by atoms with Gasteiger partial charge in [-0.2, -0.15) is 0 Å². The highest BCUT2D eigenvalue weighted by Crippen LogP contribution is 2.41. The zero-order valence-electron chi connectivity index (χ0n) is 10.6. The first kappa shape index (κ1) is 13.4. The Morgan fingerprint density at radius 1 is 1.40 bits per heavy atom. The lowest BCUT2D eigenvalue weighted by molar-refractivity contribution is -0.141. The highest BCUT2D eigenvalue weighted by atomic mass is 35.5. The molecule has 20 heavy (non-hydrogen) atoms. The smallest absolute Gasteiger partial charge is 0.309 e. The number of thiazole rings is 1. The normalized spacial score (nSPS) is 22.1. The van der Waals surface area contributed by atoms with Crippen molar-refractivity contribution < 1.29 is 9.90 Å². The van der Waals surface area contributed by atoms with E-state index >= 15 is 0 Å². The fourth-order valence-electron chi connectivity index (χ4n) is 2.70. The summed E-state index contributed by atoms with van der Waals surface area (Å²) < 4.78 is 0. The number of carboxylic acid groups (broad SMARTS) is 1. The molecule has 0 saturated carbocycles. The van der Waals surface area contributed by atoms with Crippen molar-refractivity contribution in [3.05, 3.63) is 46.4 Å². The maximum atomic E-state index is 11.5. The summed E-state index contributed by atoms with van der Waals surface area (Å²) in [5, 5.41) is 12.9. The molecule has 0 spiro atoms. The molecule has 1 saturated heterocycles. The van der Waals surface area contributed by atoms with Crippen LogP contribution in [0.5, 0.6) is 0 Å². The van der Waals surface area contributed by atoms with Crippen LogP contribution in [0.2, 0.25) is 5.02 Å². The molecule has 1 N–H and O–H groups in total. The average molecular weight is 309 g/mol. The van der Waals surface area contributed by atoms with E-state index in [0.29, 0.717) is 18.0 Å². The summed E-state index contributed by atoms with van der Waals surface area (Å²) >= 11 is 7.44. The molecule has 0 radical (unpaired) electrons. The van der Waals surface area contributed by atoms with Crippen molar-refractivity contribution in [2.75, 3.05) is 11.4 Å². The Kier molecular flexibility index (Phi) is 3.63.